The van der Waals surface area contributed by atoms with Gasteiger partial charge in [0.1, 0.15) is 13.2 Å². The van der Waals surface area contributed by atoms with Gasteiger partial charge < -0.3 is 14.2 Å². The van der Waals surface area contributed by atoms with Crippen molar-refractivity contribution in [2.75, 3.05) is 13.2 Å². The summed E-state index contributed by atoms with van der Waals surface area (Å²) in [7, 11) is 0. The Balaban J connectivity index is 4.47. The van der Waals surface area contributed by atoms with Crippen LogP contribution in [0, 0.1) is 0 Å². The van der Waals surface area contributed by atoms with Gasteiger partial charge in [-0.3, -0.25) is 14.4 Å². The van der Waals surface area contributed by atoms with Gasteiger partial charge in [0.25, 0.3) is 0 Å². The predicted octanol–water partition coefficient (Wildman–Crippen LogP) is 19.2. The van der Waals surface area contributed by atoms with Crippen LogP contribution in [0.5, 0.6) is 0 Å². The molecular formula is C62H106O6. The van der Waals surface area contributed by atoms with Gasteiger partial charge in [-0.2, -0.15) is 0 Å². The lowest BCUT2D eigenvalue weighted by Crippen LogP contribution is -2.30. The molecule has 68 heavy (non-hydrogen) atoms. The highest BCUT2D eigenvalue weighted by molar-refractivity contribution is 5.71. The van der Waals surface area contributed by atoms with E-state index in [0.717, 1.165) is 77.0 Å². The van der Waals surface area contributed by atoms with E-state index in [1.165, 1.54) is 148 Å². The molecule has 390 valence electrons. The summed E-state index contributed by atoms with van der Waals surface area (Å²) in [5, 5.41) is 0. The van der Waals surface area contributed by atoms with Gasteiger partial charge >= 0.3 is 17.9 Å². The van der Waals surface area contributed by atoms with Crippen LogP contribution in [0.2, 0.25) is 0 Å². The maximum Gasteiger partial charge on any atom is 0.306 e. The molecule has 0 fully saturated rings. The van der Waals surface area contributed by atoms with Gasteiger partial charge in [-0.25, -0.2) is 0 Å². The number of rotatable bonds is 51. The lowest BCUT2D eigenvalue weighted by Gasteiger charge is -2.18. The maximum atomic E-state index is 12.8. The molecule has 0 spiro atoms. The first-order chi connectivity index (χ1) is 33.5. The van der Waals surface area contributed by atoms with Crippen molar-refractivity contribution < 1.29 is 28.6 Å². The van der Waals surface area contributed by atoms with E-state index in [0.29, 0.717) is 19.3 Å². The predicted molar refractivity (Wildman–Crippen MR) is 293 cm³/mol. The molecule has 6 heteroatoms. The summed E-state index contributed by atoms with van der Waals surface area (Å²) in [6, 6.07) is 0. The quantitative estimate of drug-likeness (QED) is 0.0199. The van der Waals surface area contributed by atoms with Crippen LogP contribution in [0.3, 0.4) is 0 Å². The van der Waals surface area contributed by atoms with E-state index < -0.39 is 6.10 Å². The summed E-state index contributed by atoms with van der Waals surface area (Å²) in [6.45, 7) is 6.53. The Morgan fingerprint density at radius 3 is 1.07 bits per heavy atom. The average molecular weight is 948 g/mol. The van der Waals surface area contributed by atoms with Crippen molar-refractivity contribution in [3.8, 4) is 0 Å². The fourth-order valence-corrected chi connectivity index (χ4v) is 7.85. The Kier molecular flexibility index (Phi) is 53.4. The monoisotopic (exact) mass is 947 g/mol. The van der Waals surface area contributed by atoms with Crippen molar-refractivity contribution in [1.82, 2.24) is 0 Å². The Morgan fingerprint density at radius 1 is 0.309 bits per heavy atom. The van der Waals surface area contributed by atoms with Gasteiger partial charge in [0, 0.05) is 19.3 Å². The molecular weight excluding hydrogens is 841 g/mol. The molecule has 0 aliphatic rings. The number of ether oxygens (including phenoxy) is 3. The second-order valence-electron chi connectivity index (χ2n) is 18.9. The topological polar surface area (TPSA) is 78.9 Å². The molecule has 1 atom stereocenters. The number of esters is 3. The molecule has 0 N–H and O–H groups in total. The van der Waals surface area contributed by atoms with Gasteiger partial charge in [-0.05, 0) is 89.9 Å². The number of unbranched alkanes of at least 4 members (excludes halogenated alkanes) is 29. The third kappa shape index (κ3) is 53.5. The molecule has 0 aliphatic carbocycles. The van der Waals surface area contributed by atoms with Crippen LogP contribution in [-0.2, 0) is 28.6 Å². The standard InChI is InChI=1S/C62H106O6/c1-4-7-10-13-16-19-22-25-27-29-31-33-34-37-40-43-46-49-52-55-61(64)67-58-59(57-66-60(63)54-51-48-45-42-39-36-24-21-18-15-12-9-6-3)68-62(65)56-53-50-47-44-41-38-35-32-30-28-26-23-20-17-14-11-8-5-2/h17,20,23,26,28-32,35-36,39,45,48,59H,4-16,18-19,21-22,24-25,27,33-34,37-38,40-44,46-47,49-58H2,1-3H3/b20-17+,26-23+,30-28+,31-29+,35-32+,39-36+,48-45+. The summed E-state index contributed by atoms with van der Waals surface area (Å²) >= 11 is 0. The molecule has 0 saturated carbocycles. The molecule has 0 aromatic carbocycles. The summed E-state index contributed by atoms with van der Waals surface area (Å²) in [5.41, 5.74) is 0. The number of allylic oxidation sites excluding steroid dienone is 14. The zero-order chi connectivity index (χ0) is 49.3. The fourth-order valence-electron chi connectivity index (χ4n) is 7.85. The minimum atomic E-state index is -0.814. The van der Waals surface area contributed by atoms with E-state index in [4.69, 9.17) is 14.2 Å². The molecule has 0 aromatic rings. The lowest BCUT2D eigenvalue weighted by atomic mass is 10.1. The smallest absolute Gasteiger partial charge is 0.306 e. The zero-order valence-electron chi connectivity index (χ0n) is 44.6. The average Bonchev–Trinajstić information content (AvgIpc) is 3.34. The van der Waals surface area contributed by atoms with Gasteiger partial charge in [0.05, 0.1) is 0 Å². The number of hydrogen-bond acceptors (Lipinski definition) is 6. The Hall–Kier alpha value is -3.41. The summed E-state index contributed by atoms with van der Waals surface area (Å²) in [4.78, 5) is 38.1. The van der Waals surface area contributed by atoms with E-state index >= 15 is 0 Å². The third-order valence-electron chi connectivity index (χ3n) is 12.2. The van der Waals surface area contributed by atoms with Crippen LogP contribution in [0.25, 0.3) is 0 Å². The van der Waals surface area contributed by atoms with Gasteiger partial charge in [-0.15, -0.1) is 0 Å². The summed E-state index contributed by atoms with van der Waals surface area (Å²) in [5.74, 6) is -0.999. The highest BCUT2D eigenvalue weighted by Gasteiger charge is 2.19. The Morgan fingerprint density at radius 2 is 0.618 bits per heavy atom. The minimum Gasteiger partial charge on any atom is -0.462 e. The highest BCUT2D eigenvalue weighted by Crippen LogP contribution is 2.14. The number of carbonyl (C=O) groups is 3. The van der Waals surface area contributed by atoms with Crippen molar-refractivity contribution in [1.29, 1.82) is 0 Å². The van der Waals surface area contributed by atoms with Crippen LogP contribution in [0.4, 0.5) is 0 Å². The lowest BCUT2D eigenvalue weighted by molar-refractivity contribution is -0.166. The molecule has 0 heterocycles. The first-order valence-corrected chi connectivity index (χ1v) is 28.6. The largest absolute Gasteiger partial charge is 0.462 e. The molecule has 0 aliphatic heterocycles. The molecule has 6 nitrogen and oxygen atoms in total. The molecule has 0 saturated heterocycles. The van der Waals surface area contributed by atoms with Crippen molar-refractivity contribution in [3.05, 3.63) is 85.1 Å². The van der Waals surface area contributed by atoms with Crippen molar-refractivity contribution >= 4 is 17.9 Å². The van der Waals surface area contributed by atoms with Crippen LogP contribution in [-0.4, -0.2) is 37.2 Å². The highest BCUT2D eigenvalue weighted by atomic mass is 16.6. The Bertz CT molecular complexity index is 1320. The molecule has 0 aromatic heterocycles. The first-order valence-electron chi connectivity index (χ1n) is 28.6. The number of hydrogen-bond donors (Lipinski definition) is 0. The zero-order valence-corrected chi connectivity index (χ0v) is 44.6. The summed E-state index contributed by atoms with van der Waals surface area (Å²) < 4.78 is 16.8. The second kappa shape index (κ2) is 56.2. The molecule has 0 rings (SSSR count). The van der Waals surface area contributed by atoms with Crippen molar-refractivity contribution in [2.45, 2.75) is 277 Å². The van der Waals surface area contributed by atoms with Gasteiger partial charge in [0.15, 0.2) is 6.10 Å². The minimum absolute atomic E-state index is 0.106. The molecule has 1 unspecified atom stereocenters. The normalized spacial score (nSPS) is 12.7. The second-order valence-corrected chi connectivity index (χ2v) is 18.9. The van der Waals surface area contributed by atoms with Crippen molar-refractivity contribution in [2.24, 2.45) is 0 Å². The van der Waals surface area contributed by atoms with E-state index in [1.807, 2.05) is 6.08 Å². The molecule has 0 bridgehead atoms. The molecule has 0 amide bonds. The van der Waals surface area contributed by atoms with Crippen LogP contribution in [0.15, 0.2) is 85.1 Å². The van der Waals surface area contributed by atoms with E-state index in [9.17, 15) is 14.4 Å². The van der Waals surface area contributed by atoms with Gasteiger partial charge in [0.2, 0.25) is 0 Å². The van der Waals surface area contributed by atoms with Crippen LogP contribution in [0.1, 0.15) is 271 Å². The first kappa shape index (κ1) is 64.6. The van der Waals surface area contributed by atoms with E-state index in [-0.39, 0.29) is 37.5 Å². The summed E-state index contributed by atoms with van der Waals surface area (Å²) in [6.07, 6.45) is 72.9. The maximum absolute atomic E-state index is 12.8. The van der Waals surface area contributed by atoms with E-state index in [2.05, 4.69) is 99.8 Å². The van der Waals surface area contributed by atoms with Crippen molar-refractivity contribution in [3.63, 3.8) is 0 Å². The van der Waals surface area contributed by atoms with Gasteiger partial charge in [-0.1, -0.05) is 247 Å². The van der Waals surface area contributed by atoms with Crippen LogP contribution < -0.4 is 0 Å². The van der Waals surface area contributed by atoms with E-state index in [1.54, 1.807) is 0 Å². The number of carbonyl (C=O) groups excluding carboxylic acids is 3. The SMILES string of the molecule is CCCCC/C=C/C=C/C=C/C=C/CCCCCCCC(=O)OC(COC(=O)CC/C=C/C/C=C/CCCCCCCC)COC(=O)CCCCCCCCC/C=C/CCCCCCCCCC. The third-order valence-corrected chi connectivity index (χ3v) is 12.2. The fraction of sp³-hybridized carbons (Fsp3) is 0.726. The molecule has 0 radical (unpaired) electrons. The van der Waals surface area contributed by atoms with Crippen LogP contribution >= 0.6 is 0 Å². The Labute approximate surface area is 420 Å².